The van der Waals surface area contributed by atoms with Crippen molar-refractivity contribution in [2.45, 2.75) is 44.8 Å². The molecule has 0 spiro atoms. The van der Waals surface area contributed by atoms with Crippen LogP contribution in [0.1, 0.15) is 43.0 Å². The van der Waals surface area contributed by atoms with Crippen molar-refractivity contribution in [1.29, 1.82) is 0 Å². The van der Waals surface area contributed by atoms with Crippen LogP contribution in [0.25, 0.3) is 11.1 Å². The van der Waals surface area contributed by atoms with Crippen molar-refractivity contribution in [3.63, 3.8) is 0 Å². The molecule has 2 amide bonds. The molecule has 1 fully saturated rings. The highest BCUT2D eigenvalue weighted by molar-refractivity contribution is 5.96. The van der Waals surface area contributed by atoms with Crippen LogP contribution in [0.5, 0.6) is 0 Å². The fourth-order valence-corrected chi connectivity index (χ4v) is 3.38. The van der Waals surface area contributed by atoms with E-state index in [0.717, 1.165) is 36.8 Å². The van der Waals surface area contributed by atoms with Gasteiger partial charge in [0.1, 0.15) is 6.54 Å². The maximum Gasteiger partial charge on any atom is 0.326 e. The lowest BCUT2D eigenvalue weighted by atomic mass is 10.0. The van der Waals surface area contributed by atoms with Gasteiger partial charge in [-0.2, -0.15) is 0 Å². The van der Waals surface area contributed by atoms with E-state index in [2.05, 4.69) is 10.6 Å². The van der Waals surface area contributed by atoms with Gasteiger partial charge in [0.2, 0.25) is 0 Å². The molecule has 0 aliphatic heterocycles. The number of carbonyl (C=O) groups is 3. The molecule has 152 valence electrons. The Morgan fingerprint density at radius 1 is 0.966 bits per heavy atom. The normalized spacial score (nSPS) is 14.8. The molecule has 6 heteroatoms. The lowest BCUT2D eigenvalue weighted by Crippen LogP contribution is -2.42. The number of ether oxygens (including phenoxy) is 1. The third-order valence-corrected chi connectivity index (χ3v) is 5.03. The topological polar surface area (TPSA) is 84.5 Å². The first-order valence-corrected chi connectivity index (χ1v) is 9.96. The molecule has 0 radical (unpaired) electrons. The molecule has 2 aromatic carbocycles. The molecule has 0 saturated heterocycles. The third-order valence-electron chi connectivity index (χ3n) is 5.03. The van der Waals surface area contributed by atoms with Crippen molar-refractivity contribution < 1.29 is 19.1 Å². The minimum absolute atomic E-state index is 0.169. The van der Waals surface area contributed by atoms with Crippen molar-refractivity contribution in [2.24, 2.45) is 0 Å². The van der Waals surface area contributed by atoms with E-state index in [9.17, 15) is 14.4 Å². The maximum absolute atomic E-state index is 12.2. The van der Waals surface area contributed by atoms with E-state index in [0.29, 0.717) is 5.56 Å². The SMILES string of the molecule is CC(OC(=O)CNC(=O)c1ccc(-c2ccccc2)cc1)C(=O)NC1CCCC1. The van der Waals surface area contributed by atoms with Crippen molar-refractivity contribution in [2.75, 3.05) is 6.54 Å². The zero-order valence-corrected chi connectivity index (χ0v) is 16.5. The second-order valence-corrected chi connectivity index (χ2v) is 7.25. The monoisotopic (exact) mass is 394 g/mol. The second-order valence-electron chi connectivity index (χ2n) is 7.25. The molecule has 1 aliphatic carbocycles. The quantitative estimate of drug-likeness (QED) is 0.707. The number of esters is 1. The number of nitrogens with one attached hydrogen (secondary N) is 2. The van der Waals surface area contributed by atoms with E-state index < -0.39 is 12.1 Å². The standard InChI is InChI=1S/C23H26N2O4/c1-16(22(27)25-20-9-5-6-10-20)29-21(26)15-24-23(28)19-13-11-18(12-14-19)17-7-3-2-4-8-17/h2-4,7-8,11-14,16,20H,5-6,9-10,15H2,1H3,(H,24,28)(H,25,27). The predicted octanol–water partition coefficient (Wildman–Crippen LogP) is 3.07. The Morgan fingerprint density at radius 3 is 2.24 bits per heavy atom. The average molecular weight is 394 g/mol. The van der Waals surface area contributed by atoms with Crippen molar-refractivity contribution in [3.8, 4) is 11.1 Å². The summed E-state index contributed by atoms with van der Waals surface area (Å²) in [4.78, 5) is 36.3. The molecule has 1 unspecified atom stereocenters. The Morgan fingerprint density at radius 2 is 1.59 bits per heavy atom. The largest absolute Gasteiger partial charge is 0.451 e. The molecule has 1 atom stereocenters. The van der Waals surface area contributed by atoms with Gasteiger partial charge in [-0.3, -0.25) is 14.4 Å². The molecular formula is C23H26N2O4. The Hall–Kier alpha value is -3.15. The van der Waals surface area contributed by atoms with E-state index in [-0.39, 0.29) is 24.4 Å². The van der Waals surface area contributed by atoms with Gasteiger partial charge in [0.15, 0.2) is 6.10 Å². The first-order valence-electron chi connectivity index (χ1n) is 9.96. The molecule has 6 nitrogen and oxygen atoms in total. The highest BCUT2D eigenvalue weighted by Gasteiger charge is 2.23. The first kappa shape index (κ1) is 20.6. The van der Waals surface area contributed by atoms with E-state index >= 15 is 0 Å². The van der Waals surface area contributed by atoms with Crippen LogP contribution in [0.2, 0.25) is 0 Å². The Kier molecular flexibility index (Phi) is 7.00. The van der Waals surface area contributed by atoms with E-state index in [1.54, 1.807) is 12.1 Å². The first-order chi connectivity index (χ1) is 14.0. The molecule has 1 saturated carbocycles. The zero-order chi connectivity index (χ0) is 20.6. The molecule has 2 aromatic rings. The van der Waals surface area contributed by atoms with Gasteiger partial charge in [0.25, 0.3) is 11.8 Å². The lowest BCUT2D eigenvalue weighted by molar-refractivity contribution is -0.154. The second kappa shape index (κ2) is 9.87. The molecule has 0 bridgehead atoms. The van der Waals surface area contributed by atoms with Gasteiger partial charge >= 0.3 is 5.97 Å². The summed E-state index contributed by atoms with van der Waals surface area (Å²) in [5, 5.41) is 5.42. The van der Waals surface area contributed by atoms with Crippen LogP contribution in [-0.2, 0) is 14.3 Å². The van der Waals surface area contributed by atoms with Crippen molar-refractivity contribution in [1.82, 2.24) is 10.6 Å². The summed E-state index contributed by atoms with van der Waals surface area (Å²) in [6.07, 6.45) is 3.26. The molecular weight excluding hydrogens is 368 g/mol. The number of hydrogen-bond donors (Lipinski definition) is 2. The predicted molar refractivity (Wildman–Crippen MR) is 110 cm³/mol. The van der Waals surface area contributed by atoms with Crippen molar-refractivity contribution >= 4 is 17.8 Å². The summed E-state index contributed by atoms with van der Waals surface area (Å²) in [5.41, 5.74) is 2.51. The summed E-state index contributed by atoms with van der Waals surface area (Å²) in [5.74, 6) is -1.31. The van der Waals surface area contributed by atoms with Gasteiger partial charge in [0.05, 0.1) is 0 Å². The number of carbonyl (C=O) groups excluding carboxylic acids is 3. The number of amides is 2. The average Bonchev–Trinajstić information content (AvgIpc) is 3.25. The zero-order valence-electron chi connectivity index (χ0n) is 16.5. The molecule has 3 rings (SSSR count). The van der Waals surface area contributed by atoms with Gasteiger partial charge in [-0.05, 0) is 43.0 Å². The van der Waals surface area contributed by atoms with Crippen LogP contribution in [0.3, 0.4) is 0 Å². The van der Waals surface area contributed by atoms with Gasteiger partial charge in [-0.15, -0.1) is 0 Å². The lowest BCUT2D eigenvalue weighted by Gasteiger charge is -2.17. The molecule has 0 aromatic heterocycles. The van der Waals surface area contributed by atoms with Gasteiger partial charge in [-0.25, -0.2) is 0 Å². The van der Waals surface area contributed by atoms with E-state index in [1.807, 2.05) is 42.5 Å². The molecule has 1 aliphatic rings. The number of benzene rings is 2. The highest BCUT2D eigenvalue weighted by Crippen LogP contribution is 2.19. The van der Waals surface area contributed by atoms with Gasteiger partial charge in [0, 0.05) is 11.6 Å². The number of rotatable bonds is 7. The van der Waals surface area contributed by atoms with E-state index in [1.165, 1.54) is 6.92 Å². The smallest absolute Gasteiger partial charge is 0.326 e. The Balaban J connectivity index is 1.44. The maximum atomic E-state index is 12.2. The number of hydrogen-bond acceptors (Lipinski definition) is 4. The Bertz CT molecular complexity index is 843. The third kappa shape index (κ3) is 5.91. The van der Waals surface area contributed by atoms with Gasteiger partial charge < -0.3 is 15.4 Å². The minimum Gasteiger partial charge on any atom is -0.451 e. The summed E-state index contributed by atoms with van der Waals surface area (Å²) < 4.78 is 5.12. The summed E-state index contributed by atoms with van der Waals surface area (Å²) in [6, 6.07) is 17.2. The molecule has 29 heavy (non-hydrogen) atoms. The van der Waals surface area contributed by atoms with E-state index in [4.69, 9.17) is 4.74 Å². The fraction of sp³-hybridized carbons (Fsp3) is 0.348. The Labute approximate surface area is 170 Å². The summed E-state index contributed by atoms with van der Waals surface area (Å²) in [6.45, 7) is 1.24. The summed E-state index contributed by atoms with van der Waals surface area (Å²) in [7, 11) is 0. The van der Waals surface area contributed by atoms with Crippen LogP contribution < -0.4 is 10.6 Å². The van der Waals surface area contributed by atoms with Crippen LogP contribution in [0.4, 0.5) is 0 Å². The van der Waals surface area contributed by atoms with Crippen LogP contribution >= 0.6 is 0 Å². The molecule has 0 heterocycles. The van der Waals surface area contributed by atoms with Crippen LogP contribution in [0, 0.1) is 0 Å². The molecule has 2 N–H and O–H groups in total. The van der Waals surface area contributed by atoms with Crippen LogP contribution in [-0.4, -0.2) is 36.5 Å². The van der Waals surface area contributed by atoms with Crippen LogP contribution in [0.15, 0.2) is 54.6 Å². The highest BCUT2D eigenvalue weighted by atomic mass is 16.5. The minimum atomic E-state index is -0.884. The summed E-state index contributed by atoms with van der Waals surface area (Å²) >= 11 is 0. The van der Waals surface area contributed by atoms with Gasteiger partial charge in [-0.1, -0.05) is 55.3 Å². The van der Waals surface area contributed by atoms with Crippen molar-refractivity contribution in [3.05, 3.63) is 60.2 Å². The fourth-order valence-electron chi connectivity index (χ4n) is 3.38.